The molecule has 1 saturated heterocycles. The van der Waals surface area contributed by atoms with Crippen LogP contribution in [0.5, 0.6) is 0 Å². The van der Waals surface area contributed by atoms with E-state index >= 15 is 0 Å². The van der Waals surface area contributed by atoms with Gasteiger partial charge in [-0.15, -0.1) is 0 Å². The SMILES string of the molecule is O=C(Nc1ccc(N2CCC(n3cccc3)CC2)cc1)c1ccc(Cl)cc1. The average molecular weight is 380 g/mol. The molecule has 1 N–H and O–H groups in total. The molecule has 1 aliphatic heterocycles. The monoisotopic (exact) mass is 379 g/mol. The smallest absolute Gasteiger partial charge is 0.255 e. The Balaban J connectivity index is 1.35. The predicted molar refractivity (Wildman–Crippen MR) is 111 cm³/mol. The van der Waals surface area contributed by atoms with Crippen molar-refractivity contribution in [2.45, 2.75) is 18.9 Å². The topological polar surface area (TPSA) is 37.3 Å². The van der Waals surface area contributed by atoms with Crippen LogP contribution in [0.25, 0.3) is 0 Å². The molecular formula is C22H22ClN3O. The first-order valence-corrected chi connectivity index (χ1v) is 9.61. The fraction of sp³-hybridized carbons (Fsp3) is 0.227. The first-order valence-electron chi connectivity index (χ1n) is 9.23. The van der Waals surface area contributed by atoms with Crippen molar-refractivity contribution in [3.63, 3.8) is 0 Å². The maximum Gasteiger partial charge on any atom is 0.255 e. The second-order valence-electron chi connectivity index (χ2n) is 6.86. The fourth-order valence-electron chi connectivity index (χ4n) is 3.57. The highest BCUT2D eigenvalue weighted by Gasteiger charge is 2.20. The summed E-state index contributed by atoms with van der Waals surface area (Å²) in [5.74, 6) is -0.132. The van der Waals surface area contributed by atoms with Gasteiger partial charge in [0.2, 0.25) is 0 Å². The van der Waals surface area contributed by atoms with E-state index in [4.69, 9.17) is 11.6 Å². The third-order valence-electron chi connectivity index (χ3n) is 5.11. The highest BCUT2D eigenvalue weighted by Crippen LogP contribution is 2.27. The van der Waals surface area contributed by atoms with E-state index in [2.05, 4.69) is 51.4 Å². The Morgan fingerprint density at radius 3 is 2.19 bits per heavy atom. The van der Waals surface area contributed by atoms with Crippen LogP contribution in [0.2, 0.25) is 5.02 Å². The van der Waals surface area contributed by atoms with E-state index < -0.39 is 0 Å². The largest absolute Gasteiger partial charge is 0.371 e. The van der Waals surface area contributed by atoms with Gasteiger partial charge in [-0.3, -0.25) is 4.79 Å². The molecule has 1 aromatic heterocycles. The van der Waals surface area contributed by atoms with E-state index in [-0.39, 0.29) is 5.91 Å². The number of amides is 1. The molecule has 0 spiro atoms. The molecular weight excluding hydrogens is 358 g/mol. The van der Waals surface area contributed by atoms with Gasteiger partial charge in [-0.2, -0.15) is 0 Å². The molecule has 0 unspecified atom stereocenters. The maximum absolute atomic E-state index is 12.3. The van der Waals surface area contributed by atoms with E-state index in [1.165, 1.54) is 5.69 Å². The van der Waals surface area contributed by atoms with Crippen molar-refractivity contribution in [2.24, 2.45) is 0 Å². The lowest BCUT2D eigenvalue weighted by atomic mass is 10.0. The number of nitrogens with zero attached hydrogens (tertiary/aromatic N) is 2. The summed E-state index contributed by atoms with van der Waals surface area (Å²) in [4.78, 5) is 14.7. The van der Waals surface area contributed by atoms with Gasteiger partial charge in [-0.25, -0.2) is 0 Å². The first kappa shape index (κ1) is 17.7. The molecule has 0 aliphatic carbocycles. The molecule has 5 heteroatoms. The zero-order valence-corrected chi connectivity index (χ0v) is 15.8. The Labute approximate surface area is 164 Å². The summed E-state index contributed by atoms with van der Waals surface area (Å²) >= 11 is 5.87. The van der Waals surface area contributed by atoms with Crippen LogP contribution in [0.4, 0.5) is 11.4 Å². The summed E-state index contributed by atoms with van der Waals surface area (Å²) in [5, 5.41) is 3.55. The normalized spacial score (nSPS) is 14.9. The van der Waals surface area contributed by atoms with Crippen molar-refractivity contribution in [1.82, 2.24) is 4.57 Å². The standard InChI is InChI=1S/C22H22ClN3O/c23-18-5-3-17(4-6-18)22(27)24-19-7-9-20(10-8-19)26-15-11-21(12-16-26)25-13-1-2-14-25/h1-10,13-14,21H,11-12,15-16H2,(H,24,27). The summed E-state index contributed by atoms with van der Waals surface area (Å²) in [5.41, 5.74) is 2.59. The molecule has 27 heavy (non-hydrogen) atoms. The van der Waals surface area contributed by atoms with Gasteiger partial charge in [0, 0.05) is 53.5 Å². The number of anilines is 2. The number of hydrogen-bond acceptors (Lipinski definition) is 2. The van der Waals surface area contributed by atoms with Crippen LogP contribution < -0.4 is 10.2 Å². The number of hydrogen-bond donors (Lipinski definition) is 1. The number of carbonyl (C=O) groups excluding carboxylic acids is 1. The van der Waals surface area contributed by atoms with Gasteiger partial charge in [0.05, 0.1) is 0 Å². The summed E-state index contributed by atoms with van der Waals surface area (Å²) in [6, 6.07) is 19.7. The van der Waals surface area contributed by atoms with E-state index in [1.54, 1.807) is 24.3 Å². The van der Waals surface area contributed by atoms with Gasteiger partial charge in [0.25, 0.3) is 5.91 Å². The minimum atomic E-state index is -0.132. The molecule has 4 rings (SSSR count). The second kappa shape index (κ2) is 7.89. The lowest BCUT2D eigenvalue weighted by molar-refractivity contribution is 0.102. The van der Waals surface area contributed by atoms with Gasteiger partial charge in [0.1, 0.15) is 0 Å². The van der Waals surface area contributed by atoms with E-state index in [0.29, 0.717) is 16.6 Å². The summed E-state index contributed by atoms with van der Waals surface area (Å²) in [6.07, 6.45) is 6.59. The molecule has 1 aliphatic rings. The predicted octanol–water partition coefficient (Wildman–Crippen LogP) is 5.24. The number of nitrogens with one attached hydrogen (secondary N) is 1. The van der Waals surface area contributed by atoms with Crippen LogP contribution in [0.1, 0.15) is 29.2 Å². The molecule has 2 aromatic carbocycles. The highest BCUT2D eigenvalue weighted by molar-refractivity contribution is 6.30. The van der Waals surface area contributed by atoms with Crippen molar-refractivity contribution < 1.29 is 4.79 Å². The number of aromatic nitrogens is 1. The van der Waals surface area contributed by atoms with Crippen molar-refractivity contribution in [3.8, 4) is 0 Å². The Hall–Kier alpha value is -2.72. The minimum Gasteiger partial charge on any atom is -0.371 e. The Morgan fingerprint density at radius 1 is 0.926 bits per heavy atom. The van der Waals surface area contributed by atoms with Gasteiger partial charge in [-0.1, -0.05) is 11.6 Å². The molecule has 1 fully saturated rings. The molecule has 0 radical (unpaired) electrons. The molecule has 0 bridgehead atoms. The van der Waals surface area contributed by atoms with Crippen LogP contribution in [0, 0.1) is 0 Å². The Morgan fingerprint density at radius 2 is 1.56 bits per heavy atom. The Bertz CT molecular complexity index is 880. The van der Waals surface area contributed by atoms with Gasteiger partial charge < -0.3 is 14.8 Å². The highest BCUT2D eigenvalue weighted by atomic mass is 35.5. The van der Waals surface area contributed by atoms with Crippen LogP contribution in [0.3, 0.4) is 0 Å². The van der Waals surface area contributed by atoms with Crippen molar-refractivity contribution in [2.75, 3.05) is 23.3 Å². The number of rotatable bonds is 4. The zero-order chi connectivity index (χ0) is 18.6. The van der Waals surface area contributed by atoms with Crippen LogP contribution in [0.15, 0.2) is 73.1 Å². The van der Waals surface area contributed by atoms with Crippen LogP contribution in [-0.2, 0) is 0 Å². The van der Waals surface area contributed by atoms with Gasteiger partial charge in [0.15, 0.2) is 0 Å². The van der Waals surface area contributed by atoms with Crippen molar-refractivity contribution in [3.05, 3.63) is 83.6 Å². The fourth-order valence-corrected chi connectivity index (χ4v) is 3.70. The van der Waals surface area contributed by atoms with E-state index in [0.717, 1.165) is 31.6 Å². The lowest BCUT2D eigenvalue weighted by Gasteiger charge is -2.34. The number of carbonyl (C=O) groups is 1. The number of benzene rings is 2. The number of piperidine rings is 1. The van der Waals surface area contributed by atoms with Crippen LogP contribution >= 0.6 is 11.6 Å². The molecule has 138 valence electrons. The summed E-state index contributed by atoms with van der Waals surface area (Å²) < 4.78 is 2.31. The molecule has 0 atom stereocenters. The molecule has 3 aromatic rings. The first-order chi connectivity index (χ1) is 13.2. The quantitative estimate of drug-likeness (QED) is 0.673. The maximum atomic E-state index is 12.3. The van der Waals surface area contributed by atoms with Crippen molar-refractivity contribution >= 4 is 28.9 Å². The second-order valence-corrected chi connectivity index (χ2v) is 7.29. The summed E-state index contributed by atoms with van der Waals surface area (Å²) in [7, 11) is 0. The lowest BCUT2D eigenvalue weighted by Crippen LogP contribution is -2.34. The number of halogens is 1. The third-order valence-corrected chi connectivity index (χ3v) is 5.36. The third kappa shape index (κ3) is 4.17. The van der Waals surface area contributed by atoms with Crippen LogP contribution in [-0.4, -0.2) is 23.6 Å². The van der Waals surface area contributed by atoms with E-state index in [1.807, 2.05) is 12.1 Å². The molecule has 2 heterocycles. The van der Waals surface area contributed by atoms with Gasteiger partial charge in [-0.05, 0) is 73.5 Å². The molecule has 0 saturated carbocycles. The average Bonchev–Trinajstić information content (AvgIpc) is 3.24. The zero-order valence-electron chi connectivity index (χ0n) is 15.0. The summed E-state index contributed by atoms with van der Waals surface area (Å²) in [6.45, 7) is 2.08. The van der Waals surface area contributed by atoms with E-state index in [9.17, 15) is 4.79 Å². The van der Waals surface area contributed by atoms with Gasteiger partial charge >= 0.3 is 0 Å². The minimum absolute atomic E-state index is 0.132. The molecule has 4 nitrogen and oxygen atoms in total. The molecule has 1 amide bonds. The Kier molecular flexibility index (Phi) is 5.16. The van der Waals surface area contributed by atoms with Crippen molar-refractivity contribution in [1.29, 1.82) is 0 Å².